The molecule has 5 nitrogen and oxygen atoms in total. The molecule has 1 N–H and O–H groups in total. The van der Waals surface area contributed by atoms with Gasteiger partial charge in [0.25, 0.3) is 0 Å². The van der Waals surface area contributed by atoms with Crippen LogP contribution in [-0.2, 0) is 0 Å². The molecule has 0 aliphatic carbocycles. The van der Waals surface area contributed by atoms with Gasteiger partial charge in [-0.05, 0) is 31.0 Å². The van der Waals surface area contributed by atoms with Crippen LogP contribution in [0.5, 0.6) is 5.75 Å². The molecule has 1 unspecified atom stereocenters. The lowest BCUT2D eigenvalue weighted by Gasteiger charge is -2.38. The molecule has 126 valence electrons. The first kappa shape index (κ1) is 17.7. The summed E-state index contributed by atoms with van der Waals surface area (Å²) in [6.07, 6.45) is 1.99. The number of aliphatic hydroxyl groups excluding tert-OH is 1. The molecule has 1 atom stereocenters. The largest absolute Gasteiger partial charge is 0.494 e. The van der Waals surface area contributed by atoms with E-state index in [0.717, 1.165) is 51.3 Å². The summed E-state index contributed by atoms with van der Waals surface area (Å²) in [7, 11) is 0. The van der Waals surface area contributed by atoms with E-state index in [1.54, 1.807) is 12.1 Å². The minimum atomic E-state index is 0.256. The molecule has 0 saturated carbocycles. The Morgan fingerprint density at radius 1 is 1.30 bits per heavy atom. The Balaban J connectivity index is 1.63. The number of piperazine rings is 1. The van der Waals surface area contributed by atoms with Crippen LogP contribution < -0.4 is 4.74 Å². The molecule has 23 heavy (non-hydrogen) atoms. The van der Waals surface area contributed by atoms with Gasteiger partial charge in [0, 0.05) is 38.8 Å². The number of hydrogen-bond donors (Lipinski definition) is 1. The number of nitriles is 1. The first-order valence-corrected chi connectivity index (χ1v) is 8.47. The van der Waals surface area contributed by atoms with Gasteiger partial charge in [-0.15, -0.1) is 0 Å². The topological polar surface area (TPSA) is 59.7 Å². The molecule has 1 heterocycles. The summed E-state index contributed by atoms with van der Waals surface area (Å²) in [5.41, 5.74) is 0.632. The lowest BCUT2D eigenvalue weighted by atomic mass is 10.1. The van der Waals surface area contributed by atoms with Crippen molar-refractivity contribution >= 4 is 0 Å². The highest BCUT2D eigenvalue weighted by molar-refractivity contribution is 5.36. The zero-order chi connectivity index (χ0) is 16.5. The van der Waals surface area contributed by atoms with Gasteiger partial charge >= 0.3 is 0 Å². The molecule has 0 amide bonds. The van der Waals surface area contributed by atoms with Gasteiger partial charge in [0.1, 0.15) is 5.75 Å². The van der Waals surface area contributed by atoms with Crippen molar-refractivity contribution in [3.63, 3.8) is 0 Å². The van der Waals surface area contributed by atoms with Crippen molar-refractivity contribution in [3.8, 4) is 11.8 Å². The third kappa shape index (κ3) is 5.51. The quantitative estimate of drug-likeness (QED) is 0.740. The SMILES string of the molecule is CCC(CO)N1CCN(CCCOc2cccc(C#N)c2)CC1. The van der Waals surface area contributed by atoms with Gasteiger partial charge in [0.2, 0.25) is 0 Å². The molecule has 5 heteroatoms. The minimum Gasteiger partial charge on any atom is -0.494 e. The number of hydrogen-bond acceptors (Lipinski definition) is 5. The Hall–Kier alpha value is -1.61. The fraction of sp³-hybridized carbons (Fsp3) is 0.611. The molecule has 1 saturated heterocycles. The fourth-order valence-corrected chi connectivity index (χ4v) is 2.99. The van der Waals surface area contributed by atoms with Crippen molar-refractivity contribution in [3.05, 3.63) is 29.8 Å². The van der Waals surface area contributed by atoms with Gasteiger partial charge in [-0.1, -0.05) is 13.0 Å². The summed E-state index contributed by atoms with van der Waals surface area (Å²) < 4.78 is 5.71. The van der Waals surface area contributed by atoms with Gasteiger partial charge in [0.15, 0.2) is 0 Å². The molecule has 0 bridgehead atoms. The van der Waals surface area contributed by atoms with Crippen molar-refractivity contribution in [2.24, 2.45) is 0 Å². The van der Waals surface area contributed by atoms with Crippen molar-refractivity contribution in [2.45, 2.75) is 25.8 Å². The van der Waals surface area contributed by atoms with Crippen molar-refractivity contribution in [1.29, 1.82) is 5.26 Å². The molecule has 1 aliphatic rings. The predicted molar refractivity (Wildman–Crippen MR) is 90.4 cm³/mol. The van der Waals surface area contributed by atoms with E-state index >= 15 is 0 Å². The van der Waals surface area contributed by atoms with Crippen molar-refractivity contribution < 1.29 is 9.84 Å². The second-order valence-corrected chi connectivity index (χ2v) is 5.96. The zero-order valence-corrected chi connectivity index (χ0v) is 13.9. The first-order valence-electron chi connectivity index (χ1n) is 8.47. The normalized spacial score (nSPS) is 17.6. The molecular weight excluding hydrogens is 290 g/mol. The molecule has 0 spiro atoms. The lowest BCUT2D eigenvalue weighted by molar-refractivity contribution is 0.0617. The number of ether oxygens (including phenoxy) is 1. The Morgan fingerprint density at radius 3 is 2.74 bits per heavy atom. The van der Waals surface area contributed by atoms with E-state index in [1.165, 1.54) is 0 Å². The van der Waals surface area contributed by atoms with E-state index in [1.807, 2.05) is 12.1 Å². The lowest BCUT2D eigenvalue weighted by Crippen LogP contribution is -2.51. The average Bonchev–Trinajstić information content (AvgIpc) is 2.61. The van der Waals surface area contributed by atoms with Crippen LogP contribution >= 0.6 is 0 Å². The molecular formula is C18H27N3O2. The molecule has 0 aromatic heterocycles. The van der Waals surface area contributed by atoms with E-state index in [4.69, 9.17) is 10.00 Å². The molecule has 1 aromatic rings. The van der Waals surface area contributed by atoms with Crippen molar-refractivity contribution in [2.75, 3.05) is 45.9 Å². The van der Waals surface area contributed by atoms with E-state index in [0.29, 0.717) is 18.2 Å². The predicted octanol–water partition coefficient (Wildman–Crippen LogP) is 1.72. The molecule has 1 aromatic carbocycles. The van der Waals surface area contributed by atoms with Gasteiger partial charge in [-0.3, -0.25) is 4.90 Å². The van der Waals surface area contributed by atoms with Crippen LogP contribution in [0.25, 0.3) is 0 Å². The summed E-state index contributed by atoms with van der Waals surface area (Å²) in [6, 6.07) is 9.72. The van der Waals surface area contributed by atoms with E-state index in [9.17, 15) is 5.11 Å². The minimum absolute atomic E-state index is 0.256. The van der Waals surface area contributed by atoms with Gasteiger partial charge in [0.05, 0.1) is 24.8 Å². The molecule has 1 fully saturated rings. The number of nitrogens with zero attached hydrogens (tertiary/aromatic N) is 3. The number of rotatable bonds is 8. The Morgan fingerprint density at radius 2 is 2.09 bits per heavy atom. The third-order valence-corrected chi connectivity index (χ3v) is 4.46. The smallest absolute Gasteiger partial charge is 0.120 e. The zero-order valence-electron chi connectivity index (χ0n) is 13.9. The van der Waals surface area contributed by atoms with Crippen LogP contribution in [-0.4, -0.2) is 66.9 Å². The van der Waals surface area contributed by atoms with Crippen LogP contribution in [0.2, 0.25) is 0 Å². The highest BCUT2D eigenvalue weighted by atomic mass is 16.5. The maximum Gasteiger partial charge on any atom is 0.120 e. The van der Waals surface area contributed by atoms with Crippen molar-refractivity contribution in [1.82, 2.24) is 9.80 Å². The molecule has 2 rings (SSSR count). The second kappa shape index (κ2) is 9.51. The molecule has 1 aliphatic heterocycles. The van der Waals surface area contributed by atoms with E-state index in [2.05, 4.69) is 22.8 Å². The maximum atomic E-state index is 9.37. The summed E-state index contributed by atoms with van der Waals surface area (Å²) in [5, 5.41) is 18.2. The first-order chi connectivity index (χ1) is 11.3. The monoisotopic (exact) mass is 317 g/mol. The molecule has 0 radical (unpaired) electrons. The summed E-state index contributed by atoms with van der Waals surface area (Å²) in [5.74, 6) is 0.766. The summed E-state index contributed by atoms with van der Waals surface area (Å²) in [6.45, 7) is 8.26. The number of aliphatic hydroxyl groups is 1. The highest BCUT2D eigenvalue weighted by Crippen LogP contribution is 2.13. The summed E-state index contributed by atoms with van der Waals surface area (Å²) >= 11 is 0. The van der Waals surface area contributed by atoms with E-state index in [-0.39, 0.29) is 6.61 Å². The van der Waals surface area contributed by atoms with E-state index < -0.39 is 0 Å². The van der Waals surface area contributed by atoms with Crippen LogP contribution in [0.3, 0.4) is 0 Å². The third-order valence-electron chi connectivity index (χ3n) is 4.46. The average molecular weight is 317 g/mol. The van der Waals surface area contributed by atoms with Gasteiger partial charge in [-0.25, -0.2) is 0 Å². The van der Waals surface area contributed by atoms with Crippen LogP contribution in [0.15, 0.2) is 24.3 Å². The Kier molecular flexibility index (Phi) is 7.34. The van der Waals surface area contributed by atoms with Crippen LogP contribution in [0.1, 0.15) is 25.3 Å². The van der Waals surface area contributed by atoms with Gasteiger partial charge in [-0.2, -0.15) is 5.26 Å². The Bertz CT molecular complexity index is 503. The fourth-order valence-electron chi connectivity index (χ4n) is 2.99. The number of benzene rings is 1. The van der Waals surface area contributed by atoms with Gasteiger partial charge < -0.3 is 14.7 Å². The highest BCUT2D eigenvalue weighted by Gasteiger charge is 2.21. The van der Waals surface area contributed by atoms with Crippen LogP contribution in [0, 0.1) is 11.3 Å². The standard InChI is InChI=1S/C18H27N3O2/c1-2-17(15-22)21-10-8-20(9-11-21)7-4-12-23-18-6-3-5-16(13-18)14-19/h3,5-6,13,17,22H,2,4,7-12,15H2,1H3. The maximum absolute atomic E-state index is 9.37. The Labute approximate surface area is 139 Å². The second-order valence-electron chi connectivity index (χ2n) is 5.96. The summed E-state index contributed by atoms with van der Waals surface area (Å²) in [4.78, 5) is 4.84. The van der Waals surface area contributed by atoms with Crippen LogP contribution in [0.4, 0.5) is 0 Å².